The Morgan fingerprint density at radius 2 is 1.47 bits per heavy atom. The van der Waals surface area contributed by atoms with Gasteiger partial charge in [-0.15, -0.1) is 0 Å². The molecule has 0 saturated heterocycles. The molecule has 0 aliphatic rings. The normalized spacial score (nSPS) is 10.4. The number of hydrogen-bond acceptors (Lipinski definition) is 4. The minimum atomic E-state index is -0.510. The van der Waals surface area contributed by atoms with E-state index in [4.69, 9.17) is 9.47 Å². The summed E-state index contributed by atoms with van der Waals surface area (Å²) >= 11 is 0. The van der Waals surface area contributed by atoms with Gasteiger partial charge in [0.2, 0.25) is 0 Å². The molecule has 4 aromatic carbocycles. The van der Waals surface area contributed by atoms with Crippen LogP contribution in [0.4, 0.5) is 5.69 Å². The van der Waals surface area contributed by atoms with Crippen molar-refractivity contribution in [1.29, 1.82) is 0 Å². The average Bonchev–Trinajstić information content (AvgIpc) is 2.78. The highest BCUT2D eigenvalue weighted by molar-refractivity contribution is 6.04. The van der Waals surface area contributed by atoms with Crippen LogP contribution in [0.3, 0.4) is 0 Å². The zero-order valence-electron chi connectivity index (χ0n) is 16.1. The van der Waals surface area contributed by atoms with Crippen molar-refractivity contribution in [3.63, 3.8) is 0 Å². The average molecular weight is 397 g/mol. The molecule has 0 spiro atoms. The summed E-state index contributed by atoms with van der Waals surface area (Å²) in [4.78, 5) is 24.4. The first-order valence-electron chi connectivity index (χ1n) is 9.46. The maximum Gasteiger partial charge on any atom is 0.349 e. The molecule has 0 heterocycles. The molecule has 4 rings (SSSR count). The zero-order valence-corrected chi connectivity index (χ0v) is 16.1. The molecular formula is C25H19NO4. The van der Waals surface area contributed by atoms with Gasteiger partial charge >= 0.3 is 5.97 Å². The monoisotopic (exact) mass is 397 g/mol. The van der Waals surface area contributed by atoms with Crippen LogP contribution >= 0.6 is 0 Å². The van der Waals surface area contributed by atoms with Crippen molar-refractivity contribution in [3.05, 3.63) is 103 Å². The van der Waals surface area contributed by atoms with E-state index in [1.54, 1.807) is 54.6 Å². The molecule has 0 aromatic heterocycles. The van der Waals surface area contributed by atoms with Crippen molar-refractivity contribution < 1.29 is 19.1 Å². The number of anilines is 1. The van der Waals surface area contributed by atoms with Gasteiger partial charge in [0, 0.05) is 17.3 Å². The summed E-state index contributed by atoms with van der Waals surface area (Å²) < 4.78 is 10.9. The van der Waals surface area contributed by atoms with E-state index >= 15 is 0 Å². The van der Waals surface area contributed by atoms with Crippen LogP contribution in [0.25, 0.3) is 10.8 Å². The molecule has 0 aliphatic carbocycles. The minimum absolute atomic E-state index is 0.219. The molecule has 30 heavy (non-hydrogen) atoms. The molecule has 1 amide bonds. The van der Waals surface area contributed by atoms with Gasteiger partial charge in [0.05, 0.1) is 0 Å². The predicted molar refractivity (Wildman–Crippen MR) is 116 cm³/mol. The molecule has 5 heteroatoms. The Morgan fingerprint density at radius 3 is 2.30 bits per heavy atom. The van der Waals surface area contributed by atoms with Gasteiger partial charge in [-0.2, -0.15) is 0 Å². The molecule has 5 nitrogen and oxygen atoms in total. The standard InChI is InChI=1S/C25H19NO4/c27-24(30-23-14-13-18-7-4-5-10-20(18)15-23)17-29-22-12-6-11-21(16-22)26-25(28)19-8-2-1-3-9-19/h1-16H,17H2,(H,26,28). The molecule has 0 atom stereocenters. The fourth-order valence-corrected chi connectivity index (χ4v) is 2.99. The number of carbonyl (C=O) groups excluding carboxylic acids is 2. The van der Waals surface area contributed by atoms with Crippen molar-refractivity contribution in [2.24, 2.45) is 0 Å². The molecule has 0 fully saturated rings. The van der Waals surface area contributed by atoms with Crippen molar-refractivity contribution in [2.75, 3.05) is 11.9 Å². The first-order valence-corrected chi connectivity index (χ1v) is 9.46. The van der Waals surface area contributed by atoms with Gasteiger partial charge in [0.1, 0.15) is 11.5 Å². The van der Waals surface area contributed by atoms with Crippen molar-refractivity contribution in [1.82, 2.24) is 0 Å². The second-order valence-corrected chi connectivity index (χ2v) is 6.62. The summed E-state index contributed by atoms with van der Waals surface area (Å²) in [6, 6.07) is 29.1. The highest BCUT2D eigenvalue weighted by atomic mass is 16.6. The van der Waals surface area contributed by atoms with Crippen LogP contribution in [0.5, 0.6) is 11.5 Å². The first kappa shape index (κ1) is 19.2. The van der Waals surface area contributed by atoms with Crippen LogP contribution in [0.1, 0.15) is 10.4 Å². The van der Waals surface area contributed by atoms with Crippen LogP contribution in [-0.4, -0.2) is 18.5 Å². The predicted octanol–water partition coefficient (Wildman–Crippen LogP) is 5.08. The lowest BCUT2D eigenvalue weighted by Gasteiger charge is -2.10. The Hall–Kier alpha value is -4.12. The molecule has 1 N–H and O–H groups in total. The summed E-state index contributed by atoms with van der Waals surface area (Å²) in [6.45, 7) is -0.247. The molecule has 0 radical (unpaired) electrons. The Kier molecular flexibility index (Phi) is 5.71. The van der Waals surface area contributed by atoms with Gasteiger partial charge in [-0.3, -0.25) is 4.79 Å². The second kappa shape index (κ2) is 8.92. The fourth-order valence-electron chi connectivity index (χ4n) is 2.99. The maximum atomic E-state index is 12.3. The molecular weight excluding hydrogens is 378 g/mol. The number of rotatable bonds is 6. The number of benzene rings is 4. The summed E-state index contributed by atoms with van der Waals surface area (Å²) in [7, 11) is 0. The lowest BCUT2D eigenvalue weighted by Crippen LogP contribution is -2.18. The van der Waals surface area contributed by atoms with Gasteiger partial charge < -0.3 is 14.8 Å². The Labute approximate surface area is 173 Å². The van der Waals surface area contributed by atoms with Gasteiger partial charge in [-0.05, 0) is 47.2 Å². The van der Waals surface area contributed by atoms with Crippen molar-refractivity contribution >= 4 is 28.3 Å². The Morgan fingerprint density at radius 1 is 0.700 bits per heavy atom. The van der Waals surface area contributed by atoms with E-state index in [0.29, 0.717) is 22.7 Å². The molecule has 0 aliphatic heterocycles. The maximum absolute atomic E-state index is 12.3. The van der Waals surface area contributed by atoms with Gasteiger partial charge in [0.25, 0.3) is 5.91 Å². The van der Waals surface area contributed by atoms with E-state index in [2.05, 4.69) is 5.32 Å². The van der Waals surface area contributed by atoms with Gasteiger partial charge in [-0.25, -0.2) is 4.79 Å². The smallest absolute Gasteiger partial charge is 0.349 e. The van der Waals surface area contributed by atoms with Gasteiger partial charge in [-0.1, -0.05) is 54.6 Å². The van der Waals surface area contributed by atoms with E-state index in [1.165, 1.54) is 0 Å². The highest BCUT2D eigenvalue weighted by Gasteiger charge is 2.09. The van der Waals surface area contributed by atoms with Crippen molar-refractivity contribution in [3.8, 4) is 11.5 Å². The number of nitrogens with one attached hydrogen (secondary N) is 1. The van der Waals surface area contributed by atoms with Crippen molar-refractivity contribution in [2.45, 2.75) is 0 Å². The topological polar surface area (TPSA) is 64.6 Å². The van der Waals surface area contributed by atoms with Gasteiger partial charge in [0.15, 0.2) is 6.61 Å². The summed E-state index contributed by atoms with van der Waals surface area (Å²) in [6.07, 6.45) is 0. The lowest BCUT2D eigenvalue weighted by atomic mass is 10.1. The van der Waals surface area contributed by atoms with Crippen LogP contribution in [0.15, 0.2) is 97.1 Å². The van der Waals surface area contributed by atoms with E-state index < -0.39 is 5.97 Å². The molecule has 4 aromatic rings. The van der Waals surface area contributed by atoms with E-state index in [0.717, 1.165) is 10.8 Å². The summed E-state index contributed by atoms with van der Waals surface area (Å²) in [5, 5.41) is 4.87. The van der Waals surface area contributed by atoms with E-state index in [1.807, 2.05) is 42.5 Å². The third-order valence-electron chi connectivity index (χ3n) is 4.44. The van der Waals surface area contributed by atoms with E-state index in [9.17, 15) is 9.59 Å². The number of hydrogen-bond donors (Lipinski definition) is 1. The van der Waals surface area contributed by atoms with Crippen LogP contribution in [0.2, 0.25) is 0 Å². The first-order chi connectivity index (χ1) is 14.7. The summed E-state index contributed by atoms with van der Waals surface area (Å²) in [5.74, 6) is 0.190. The number of esters is 1. The quantitative estimate of drug-likeness (QED) is 0.364. The fraction of sp³-hybridized carbons (Fsp3) is 0.0400. The van der Waals surface area contributed by atoms with Crippen LogP contribution < -0.4 is 14.8 Å². The number of amides is 1. The number of ether oxygens (including phenoxy) is 2. The second-order valence-electron chi connectivity index (χ2n) is 6.62. The molecule has 0 unspecified atom stereocenters. The Balaban J connectivity index is 1.34. The zero-order chi connectivity index (χ0) is 20.8. The Bertz CT molecular complexity index is 1190. The van der Waals surface area contributed by atoms with Crippen LogP contribution in [0, 0.1) is 0 Å². The lowest BCUT2D eigenvalue weighted by molar-refractivity contribution is -0.136. The summed E-state index contributed by atoms with van der Waals surface area (Å²) in [5.41, 5.74) is 1.13. The number of carbonyl (C=O) groups is 2. The van der Waals surface area contributed by atoms with Crippen LogP contribution in [-0.2, 0) is 4.79 Å². The highest BCUT2D eigenvalue weighted by Crippen LogP contribution is 2.21. The van der Waals surface area contributed by atoms with E-state index in [-0.39, 0.29) is 12.5 Å². The molecule has 0 saturated carbocycles. The third-order valence-corrected chi connectivity index (χ3v) is 4.44. The minimum Gasteiger partial charge on any atom is -0.482 e. The largest absolute Gasteiger partial charge is 0.482 e. The number of fused-ring (bicyclic) bond motifs is 1. The molecule has 0 bridgehead atoms. The SMILES string of the molecule is O=C(COc1cccc(NC(=O)c2ccccc2)c1)Oc1ccc2ccccc2c1. The molecule has 148 valence electrons. The third kappa shape index (κ3) is 4.83.